The molecule has 2 aromatic heterocycles. The van der Waals surface area contributed by atoms with Gasteiger partial charge in [-0.05, 0) is 12.1 Å². The number of pyridine rings is 1. The van der Waals surface area contributed by atoms with Gasteiger partial charge in [0.15, 0.2) is 6.29 Å². The summed E-state index contributed by atoms with van der Waals surface area (Å²) in [6.07, 6.45) is -1.82. The Morgan fingerprint density at radius 2 is 2.07 bits per heavy atom. The van der Waals surface area contributed by atoms with E-state index in [1.54, 1.807) is 0 Å². The third-order valence-electron chi connectivity index (χ3n) is 1.94. The van der Waals surface area contributed by atoms with E-state index in [2.05, 4.69) is 4.98 Å². The molecule has 0 amide bonds. The van der Waals surface area contributed by atoms with E-state index in [0.717, 1.165) is 16.8 Å². The largest absolute Gasteiger partial charge is 0.450 e. The number of hydrogen-bond acceptors (Lipinski definition) is 2. The number of carbonyl (C=O) groups is 1. The molecule has 0 saturated carbocycles. The lowest BCUT2D eigenvalue weighted by atomic mass is 10.3. The molecule has 2 aromatic rings. The smallest absolute Gasteiger partial charge is 0.298 e. The van der Waals surface area contributed by atoms with Crippen LogP contribution >= 0.6 is 0 Å². The van der Waals surface area contributed by atoms with E-state index in [1.165, 1.54) is 12.1 Å². The van der Waals surface area contributed by atoms with Gasteiger partial charge in [-0.1, -0.05) is 0 Å². The minimum absolute atomic E-state index is 0.172. The van der Waals surface area contributed by atoms with Crippen LogP contribution in [0.15, 0.2) is 24.5 Å². The minimum atomic E-state index is -4.52. The molecule has 0 fully saturated rings. The molecule has 6 heteroatoms. The van der Waals surface area contributed by atoms with Gasteiger partial charge in [0.25, 0.3) is 0 Å². The molecule has 0 bridgehead atoms. The molecule has 15 heavy (non-hydrogen) atoms. The van der Waals surface area contributed by atoms with E-state index in [-0.39, 0.29) is 5.56 Å². The van der Waals surface area contributed by atoms with Crippen LogP contribution in [0, 0.1) is 0 Å². The van der Waals surface area contributed by atoms with Crippen molar-refractivity contribution in [2.45, 2.75) is 6.18 Å². The molecule has 0 N–H and O–H groups in total. The molecule has 0 saturated heterocycles. The monoisotopic (exact) mass is 214 g/mol. The molecule has 78 valence electrons. The molecule has 2 heterocycles. The summed E-state index contributed by atoms with van der Waals surface area (Å²) in [6.45, 7) is 0. The highest BCUT2D eigenvalue weighted by molar-refractivity contribution is 5.75. The highest BCUT2D eigenvalue weighted by Gasteiger charge is 2.35. The van der Waals surface area contributed by atoms with Crippen molar-refractivity contribution in [2.24, 2.45) is 0 Å². The number of rotatable bonds is 1. The van der Waals surface area contributed by atoms with Crippen LogP contribution in [-0.2, 0) is 6.18 Å². The summed E-state index contributed by atoms with van der Waals surface area (Å²) in [5.41, 5.74) is 0.471. The maximum atomic E-state index is 12.4. The van der Waals surface area contributed by atoms with Crippen LogP contribution in [-0.4, -0.2) is 15.7 Å². The lowest BCUT2D eigenvalue weighted by molar-refractivity contribution is -0.145. The number of nitrogens with zero attached hydrogens (tertiary/aromatic N) is 2. The average molecular weight is 214 g/mol. The summed E-state index contributed by atoms with van der Waals surface area (Å²) in [5, 5.41) is 0. The van der Waals surface area contributed by atoms with Gasteiger partial charge in [-0.3, -0.25) is 9.20 Å². The molecule has 3 nitrogen and oxygen atoms in total. The number of imidazole rings is 1. The van der Waals surface area contributed by atoms with Crippen molar-refractivity contribution in [1.82, 2.24) is 9.38 Å². The molecule has 0 aliphatic carbocycles. The highest BCUT2D eigenvalue weighted by atomic mass is 19.4. The Hall–Kier alpha value is -1.85. The third kappa shape index (κ3) is 1.58. The standard InChI is InChI=1S/C9H5F3N2O/c10-9(11,12)8-13-3-7-2-1-6(5-15)4-14(7)8/h1-5H. The van der Waals surface area contributed by atoms with Gasteiger partial charge in [0, 0.05) is 11.8 Å². The summed E-state index contributed by atoms with van der Waals surface area (Å²) in [7, 11) is 0. The van der Waals surface area contributed by atoms with Gasteiger partial charge in [-0.2, -0.15) is 13.2 Å². The fourth-order valence-electron chi connectivity index (χ4n) is 1.29. The number of aromatic nitrogens is 2. The van der Waals surface area contributed by atoms with Gasteiger partial charge < -0.3 is 0 Å². The van der Waals surface area contributed by atoms with E-state index in [9.17, 15) is 18.0 Å². The molecule has 0 aromatic carbocycles. The van der Waals surface area contributed by atoms with E-state index >= 15 is 0 Å². The predicted molar refractivity (Wildman–Crippen MR) is 45.6 cm³/mol. The second-order valence-electron chi connectivity index (χ2n) is 2.95. The Kier molecular flexibility index (Phi) is 1.99. The molecular formula is C9H5F3N2O. The SMILES string of the molecule is O=Cc1ccc2cnc(C(F)(F)F)n2c1. The molecule has 0 aliphatic heterocycles. The molecule has 0 aliphatic rings. The molecule has 2 rings (SSSR count). The number of aldehydes is 1. The Morgan fingerprint density at radius 1 is 1.33 bits per heavy atom. The average Bonchev–Trinajstić information content (AvgIpc) is 2.59. The van der Waals surface area contributed by atoms with E-state index in [1.807, 2.05) is 0 Å². The third-order valence-corrected chi connectivity index (χ3v) is 1.94. The first kappa shape index (κ1) is 9.70. The van der Waals surface area contributed by atoms with Crippen LogP contribution in [0.1, 0.15) is 16.2 Å². The summed E-state index contributed by atoms with van der Waals surface area (Å²) in [5.74, 6) is -1.03. The maximum absolute atomic E-state index is 12.4. The number of halogens is 3. The van der Waals surface area contributed by atoms with Gasteiger partial charge in [0.1, 0.15) is 0 Å². The fraction of sp³-hybridized carbons (Fsp3) is 0.111. The predicted octanol–water partition coefficient (Wildman–Crippen LogP) is 2.17. The first-order valence-electron chi connectivity index (χ1n) is 4.02. The van der Waals surface area contributed by atoms with Gasteiger partial charge in [-0.15, -0.1) is 0 Å². The van der Waals surface area contributed by atoms with E-state index < -0.39 is 12.0 Å². The molecule has 0 atom stereocenters. The van der Waals surface area contributed by atoms with Crippen LogP contribution < -0.4 is 0 Å². The van der Waals surface area contributed by atoms with E-state index in [4.69, 9.17) is 0 Å². The second kappa shape index (κ2) is 3.08. The summed E-state index contributed by atoms with van der Waals surface area (Å²) < 4.78 is 38.1. The van der Waals surface area contributed by atoms with Crippen LogP contribution in [0.2, 0.25) is 0 Å². The zero-order chi connectivity index (χ0) is 11.1. The molecular weight excluding hydrogens is 209 g/mol. The highest BCUT2D eigenvalue weighted by Crippen LogP contribution is 2.28. The number of alkyl halides is 3. The quantitative estimate of drug-likeness (QED) is 0.682. The van der Waals surface area contributed by atoms with Crippen molar-refractivity contribution in [2.75, 3.05) is 0 Å². The number of hydrogen-bond donors (Lipinski definition) is 0. The first-order chi connectivity index (χ1) is 7.02. The zero-order valence-electron chi connectivity index (χ0n) is 7.32. The van der Waals surface area contributed by atoms with Crippen molar-refractivity contribution in [3.63, 3.8) is 0 Å². The van der Waals surface area contributed by atoms with Crippen LogP contribution in [0.4, 0.5) is 13.2 Å². The van der Waals surface area contributed by atoms with Crippen LogP contribution in [0.5, 0.6) is 0 Å². The van der Waals surface area contributed by atoms with Gasteiger partial charge in [-0.25, -0.2) is 4.98 Å². The van der Waals surface area contributed by atoms with Crippen molar-refractivity contribution in [1.29, 1.82) is 0 Å². The Morgan fingerprint density at radius 3 is 2.67 bits per heavy atom. The Balaban J connectivity index is 2.72. The topological polar surface area (TPSA) is 34.4 Å². The van der Waals surface area contributed by atoms with Gasteiger partial charge in [0.05, 0.1) is 11.7 Å². The van der Waals surface area contributed by atoms with Crippen molar-refractivity contribution >= 4 is 11.8 Å². The minimum Gasteiger partial charge on any atom is -0.298 e. The number of fused-ring (bicyclic) bond motifs is 1. The van der Waals surface area contributed by atoms with Crippen LogP contribution in [0.3, 0.4) is 0 Å². The number of carbonyl (C=O) groups excluding carboxylic acids is 1. The second-order valence-corrected chi connectivity index (χ2v) is 2.95. The lowest BCUT2D eigenvalue weighted by Crippen LogP contribution is -2.10. The Bertz CT molecular complexity index is 516. The summed E-state index contributed by atoms with van der Waals surface area (Å²) >= 11 is 0. The normalized spacial score (nSPS) is 11.9. The maximum Gasteiger partial charge on any atom is 0.450 e. The summed E-state index contributed by atoms with van der Waals surface area (Å²) in [4.78, 5) is 13.7. The van der Waals surface area contributed by atoms with Gasteiger partial charge >= 0.3 is 6.18 Å². The fourth-order valence-corrected chi connectivity index (χ4v) is 1.29. The van der Waals surface area contributed by atoms with Crippen molar-refractivity contribution < 1.29 is 18.0 Å². The summed E-state index contributed by atoms with van der Waals surface area (Å²) in [6, 6.07) is 2.84. The molecule has 0 spiro atoms. The lowest BCUT2D eigenvalue weighted by Gasteiger charge is -2.05. The van der Waals surface area contributed by atoms with Crippen LogP contribution in [0.25, 0.3) is 5.52 Å². The van der Waals surface area contributed by atoms with E-state index in [0.29, 0.717) is 11.8 Å². The zero-order valence-corrected chi connectivity index (χ0v) is 7.32. The van der Waals surface area contributed by atoms with Gasteiger partial charge in [0.2, 0.25) is 5.82 Å². The van der Waals surface area contributed by atoms with Crippen molar-refractivity contribution in [3.8, 4) is 0 Å². The molecule has 0 radical (unpaired) electrons. The molecule has 0 unspecified atom stereocenters. The first-order valence-corrected chi connectivity index (χ1v) is 4.02. The Labute approximate surface area is 82.2 Å². The van der Waals surface area contributed by atoms with Crippen molar-refractivity contribution in [3.05, 3.63) is 35.9 Å².